The minimum Gasteiger partial charge on any atom is -0.382 e. The Morgan fingerprint density at radius 2 is 2.42 bits per heavy atom. The first-order valence-corrected chi connectivity index (χ1v) is 6.44. The minimum atomic E-state index is -0.356. The standard InChI is InChI=1S/C10H13N5O3S/c1-17-3-4-18-13-9(16)6-15-12-10(11-14-15)8-2-5-19-7-8/h2,5,7H,3-4,6H2,1H3,(H,13,16). The minimum absolute atomic E-state index is 0.0515. The van der Waals surface area contributed by atoms with Crippen LogP contribution in [0.25, 0.3) is 11.4 Å². The average molecular weight is 283 g/mol. The van der Waals surface area contributed by atoms with Crippen LogP contribution >= 0.6 is 11.3 Å². The number of carbonyl (C=O) groups excluding carboxylic acids is 1. The Labute approximate surface area is 113 Å². The van der Waals surface area contributed by atoms with Crippen LogP contribution in [0.2, 0.25) is 0 Å². The van der Waals surface area contributed by atoms with E-state index in [1.54, 1.807) is 18.4 Å². The van der Waals surface area contributed by atoms with Crippen LogP contribution in [0.5, 0.6) is 0 Å². The third-order valence-electron chi connectivity index (χ3n) is 2.09. The zero-order valence-corrected chi connectivity index (χ0v) is 11.1. The zero-order chi connectivity index (χ0) is 13.5. The monoisotopic (exact) mass is 283 g/mol. The molecule has 19 heavy (non-hydrogen) atoms. The van der Waals surface area contributed by atoms with Gasteiger partial charge in [-0.05, 0) is 16.7 Å². The number of hydroxylamine groups is 1. The Morgan fingerprint density at radius 1 is 1.53 bits per heavy atom. The number of nitrogens with zero attached hydrogens (tertiary/aromatic N) is 4. The summed E-state index contributed by atoms with van der Waals surface area (Å²) in [6, 6.07) is 1.89. The number of carbonyl (C=O) groups is 1. The van der Waals surface area contributed by atoms with Crippen molar-refractivity contribution in [2.24, 2.45) is 0 Å². The molecule has 0 spiro atoms. The topological polar surface area (TPSA) is 91.2 Å². The van der Waals surface area contributed by atoms with E-state index in [2.05, 4.69) is 20.9 Å². The fraction of sp³-hybridized carbons (Fsp3) is 0.400. The van der Waals surface area contributed by atoms with Crippen molar-refractivity contribution in [3.63, 3.8) is 0 Å². The van der Waals surface area contributed by atoms with Gasteiger partial charge in [-0.3, -0.25) is 9.63 Å². The van der Waals surface area contributed by atoms with Gasteiger partial charge in [0.1, 0.15) is 6.54 Å². The number of aromatic nitrogens is 4. The Balaban J connectivity index is 1.81. The van der Waals surface area contributed by atoms with Gasteiger partial charge in [0.25, 0.3) is 5.91 Å². The van der Waals surface area contributed by atoms with E-state index in [-0.39, 0.29) is 19.1 Å². The lowest BCUT2D eigenvalue weighted by Crippen LogP contribution is -2.29. The third kappa shape index (κ3) is 4.09. The van der Waals surface area contributed by atoms with Crippen LogP contribution < -0.4 is 5.48 Å². The van der Waals surface area contributed by atoms with Gasteiger partial charge in [0.2, 0.25) is 5.82 Å². The van der Waals surface area contributed by atoms with E-state index in [9.17, 15) is 4.79 Å². The fourth-order valence-corrected chi connectivity index (χ4v) is 1.87. The summed E-state index contributed by atoms with van der Waals surface area (Å²) in [6.07, 6.45) is 0. The molecule has 0 saturated carbocycles. The molecule has 102 valence electrons. The van der Waals surface area contributed by atoms with Crippen LogP contribution in [0.4, 0.5) is 0 Å². The van der Waals surface area contributed by atoms with E-state index < -0.39 is 0 Å². The summed E-state index contributed by atoms with van der Waals surface area (Å²) in [5.41, 5.74) is 3.15. The highest BCUT2D eigenvalue weighted by Crippen LogP contribution is 2.16. The number of tetrazole rings is 1. The molecule has 0 unspecified atom stereocenters. The second-order valence-corrected chi connectivity index (χ2v) is 4.30. The molecule has 0 aliphatic carbocycles. The van der Waals surface area contributed by atoms with Gasteiger partial charge < -0.3 is 4.74 Å². The first-order valence-electron chi connectivity index (χ1n) is 5.49. The van der Waals surface area contributed by atoms with E-state index in [4.69, 9.17) is 9.57 Å². The van der Waals surface area contributed by atoms with Gasteiger partial charge in [0.15, 0.2) is 0 Å². The largest absolute Gasteiger partial charge is 0.382 e. The van der Waals surface area contributed by atoms with Crippen molar-refractivity contribution < 1.29 is 14.4 Å². The molecule has 0 aliphatic heterocycles. The maximum Gasteiger partial charge on any atom is 0.267 e. The quantitative estimate of drug-likeness (QED) is 0.572. The van der Waals surface area contributed by atoms with Crippen LogP contribution in [0, 0.1) is 0 Å². The number of methoxy groups -OCH3 is 1. The number of hydrogen-bond donors (Lipinski definition) is 1. The van der Waals surface area contributed by atoms with Gasteiger partial charge in [-0.25, -0.2) is 5.48 Å². The summed E-state index contributed by atoms with van der Waals surface area (Å²) in [6.45, 7) is 0.640. The Hall–Kier alpha value is -1.84. The molecule has 0 bridgehead atoms. The highest BCUT2D eigenvalue weighted by atomic mass is 32.1. The second-order valence-electron chi connectivity index (χ2n) is 3.52. The molecule has 2 aromatic heterocycles. The zero-order valence-electron chi connectivity index (χ0n) is 10.3. The Kier molecular flexibility index (Phi) is 4.95. The second kappa shape index (κ2) is 6.92. The lowest BCUT2D eigenvalue weighted by atomic mass is 10.3. The first kappa shape index (κ1) is 13.6. The summed E-state index contributed by atoms with van der Waals surface area (Å²) in [5.74, 6) is 0.139. The number of nitrogens with one attached hydrogen (secondary N) is 1. The van der Waals surface area contributed by atoms with Crippen molar-refractivity contribution in [2.75, 3.05) is 20.3 Å². The van der Waals surface area contributed by atoms with Gasteiger partial charge in [0.05, 0.1) is 13.2 Å². The number of rotatable bonds is 7. The van der Waals surface area contributed by atoms with E-state index in [1.807, 2.05) is 16.8 Å². The lowest BCUT2D eigenvalue weighted by Gasteiger charge is -2.03. The van der Waals surface area contributed by atoms with Crippen LogP contribution in [0.3, 0.4) is 0 Å². The molecule has 0 aromatic carbocycles. The molecular weight excluding hydrogens is 270 g/mol. The average Bonchev–Trinajstić information content (AvgIpc) is 3.04. The summed E-state index contributed by atoms with van der Waals surface area (Å²) in [4.78, 5) is 17.6. The molecule has 0 aliphatic rings. The van der Waals surface area contributed by atoms with Crippen molar-refractivity contribution in [3.8, 4) is 11.4 Å². The molecule has 2 rings (SSSR count). The maximum atomic E-state index is 11.5. The normalized spacial score (nSPS) is 10.6. The molecule has 2 heterocycles. The lowest BCUT2D eigenvalue weighted by molar-refractivity contribution is -0.135. The summed E-state index contributed by atoms with van der Waals surface area (Å²) < 4.78 is 4.77. The van der Waals surface area contributed by atoms with Gasteiger partial charge in [-0.15, -0.1) is 10.2 Å². The first-order chi connectivity index (χ1) is 9.29. The van der Waals surface area contributed by atoms with Crippen LogP contribution in [0.1, 0.15) is 0 Å². The molecule has 0 saturated heterocycles. The van der Waals surface area contributed by atoms with Crippen molar-refractivity contribution in [1.82, 2.24) is 25.7 Å². The third-order valence-corrected chi connectivity index (χ3v) is 2.78. The molecule has 1 N–H and O–H groups in total. The molecule has 1 amide bonds. The van der Waals surface area contributed by atoms with Crippen LogP contribution in [-0.4, -0.2) is 46.4 Å². The van der Waals surface area contributed by atoms with Gasteiger partial charge in [-0.2, -0.15) is 16.1 Å². The van der Waals surface area contributed by atoms with E-state index in [1.165, 1.54) is 4.80 Å². The highest BCUT2D eigenvalue weighted by molar-refractivity contribution is 7.08. The molecular formula is C10H13N5O3S. The van der Waals surface area contributed by atoms with Crippen molar-refractivity contribution in [1.29, 1.82) is 0 Å². The number of thiophene rings is 1. The van der Waals surface area contributed by atoms with Crippen LogP contribution in [-0.2, 0) is 20.9 Å². The predicted octanol–water partition coefficient (Wildman–Crippen LogP) is 0.0958. The Bertz CT molecular complexity index is 513. The van der Waals surface area contributed by atoms with Crippen molar-refractivity contribution >= 4 is 17.2 Å². The number of amides is 1. The van der Waals surface area contributed by atoms with Gasteiger partial charge in [0, 0.05) is 18.1 Å². The Morgan fingerprint density at radius 3 is 3.16 bits per heavy atom. The van der Waals surface area contributed by atoms with Gasteiger partial charge in [-0.1, -0.05) is 0 Å². The smallest absolute Gasteiger partial charge is 0.267 e. The summed E-state index contributed by atoms with van der Waals surface area (Å²) >= 11 is 1.55. The fourth-order valence-electron chi connectivity index (χ4n) is 1.23. The maximum absolute atomic E-state index is 11.5. The highest BCUT2D eigenvalue weighted by Gasteiger charge is 2.09. The molecule has 0 fully saturated rings. The van der Waals surface area contributed by atoms with Gasteiger partial charge >= 0.3 is 0 Å². The molecule has 0 radical (unpaired) electrons. The van der Waals surface area contributed by atoms with E-state index >= 15 is 0 Å². The summed E-state index contributed by atoms with van der Waals surface area (Å²) in [7, 11) is 1.55. The molecule has 8 nitrogen and oxygen atoms in total. The van der Waals surface area contributed by atoms with Crippen molar-refractivity contribution in [3.05, 3.63) is 16.8 Å². The number of ether oxygens (including phenoxy) is 1. The van der Waals surface area contributed by atoms with E-state index in [0.717, 1.165) is 5.56 Å². The van der Waals surface area contributed by atoms with Crippen LogP contribution in [0.15, 0.2) is 16.8 Å². The van der Waals surface area contributed by atoms with Crippen molar-refractivity contribution in [2.45, 2.75) is 6.54 Å². The molecule has 2 aromatic rings. The predicted molar refractivity (Wildman–Crippen MR) is 67.1 cm³/mol. The summed E-state index contributed by atoms with van der Waals surface area (Å²) in [5, 5.41) is 15.6. The van der Waals surface area contributed by atoms with E-state index in [0.29, 0.717) is 12.4 Å². The number of hydrogen-bond acceptors (Lipinski definition) is 7. The molecule has 9 heteroatoms. The SMILES string of the molecule is COCCONC(=O)Cn1nnc(-c2ccsc2)n1. The molecule has 0 atom stereocenters.